The van der Waals surface area contributed by atoms with Gasteiger partial charge in [-0.15, -0.1) is 10.2 Å². The molecule has 4 aromatic rings. The predicted octanol–water partition coefficient (Wildman–Crippen LogP) is 2.16. The van der Waals surface area contributed by atoms with Crippen LogP contribution in [0.5, 0.6) is 0 Å². The van der Waals surface area contributed by atoms with Gasteiger partial charge in [0.25, 0.3) is 11.9 Å². The molecule has 0 bridgehead atoms. The van der Waals surface area contributed by atoms with Crippen molar-refractivity contribution in [2.75, 3.05) is 5.32 Å². The summed E-state index contributed by atoms with van der Waals surface area (Å²) in [5, 5.41) is 11.8. The van der Waals surface area contributed by atoms with Crippen molar-refractivity contribution in [3.63, 3.8) is 0 Å². The Balaban J connectivity index is 1.58. The lowest BCUT2D eigenvalue weighted by Crippen LogP contribution is -2.14. The molecular formula is C16H14F3N9O. The maximum atomic E-state index is 12.7. The van der Waals surface area contributed by atoms with Crippen LogP contribution in [-0.4, -0.2) is 45.4 Å². The van der Waals surface area contributed by atoms with Crippen LogP contribution >= 0.6 is 0 Å². The van der Waals surface area contributed by atoms with Gasteiger partial charge in [-0.2, -0.15) is 22.8 Å². The number of imidazole rings is 1. The number of nitrogens with one attached hydrogen (secondary N) is 2. The van der Waals surface area contributed by atoms with Crippen molar-refractivity contribution < 1.29 is 18.0 Å². The molecule has 1 aromatic carbocycles. The van der Waals surface area contributed by atoms with E-state index in [2.05, 4.69) is 30.5 Å². The van der Waals surface area contributed by atoms with E-state index >= 15 is 0 Å². The molecular weight excluding hydrogens is 391 g/mol. The second kappa shape index (κ2) is 6.39. The quantitative estimate of drug-likeness (QED) is 0.539. The summed E-state index contributed by atoms with van der Waals surface area (Å²) in [6.45, 7) is 3.33. The van der Waals surface area contributed by atoms with Crippen molar-refractivity contribution in [2.45, 2.75) is 20.0 Å². The molecule has 0 aliphatic rings. The Labute approximate surface area is 160 Å². The van der Waals surface area contributed by atoms with Gasteiger partial charge in [0.2, 0.25) is 11.6 Å². The summed E-state index contributed by atoms with van der Waals surface area (Å²) in [5.74, 6) is -1.54. The van der Waals surface area contributed by atoms with E-state index in [1.165, 1.54) is 6.92 Å². The number of benzene rings is 1. The number of aromatic amines is 1. The van der Waals surface area contributed by atoms with Crippen LogP contribution < -0.4 is 5.32 Å². The lowest BCUT2D eigenvalue weighted by atomic mass is 10.2. The van der Waals surface area contributed by atoms with E-state index in [0.717, 1.165) is 16.0 Å². The molecule has 0 saturated heterocycles. The minimum atomic E-state index is -4.68. The number of aryl methyl sites for hydroxylation is 3. The van der Waals surface area contributed by atoms with E-state index in [0.29, 0.717) is 11.2 Å². The Morgan fingerprint density at radius 2 is 1.90 bits per heavy atom. The fourth-order valence-corrected chi connectivity index (χ4v) is 2.74. The molecule has 13 heteroatoms. The molecule has 0 unspecified atom stereocenters. The molecule has 150 valence electrons. The summed E-state index contributed by atoms with van der Waals surface area (Å²) in [6.07, 6.45) is -4.68. The number of nitrogens with zero attached hydrogens (tertiary/aromatic N) is 7. The number of amides is 1. The van der Waals surface area contributed by atoms with Gasteiger partial charge >= 0.3 is 6.18 Å². The summed E-state index contributed by atoms with van der Waals surface area (Å²) in [7, 11) is 1.88. The lowest BCUT2D eigenvalue weighted by Gasteiger charge is -2.03. The maximum Gasteiger partial charge on any atom is 0.451 e. The van der Waals surface area contributed by atoms with Gasteiger partial charge in [0.15, 0.2) is 0 Å². The number of aromatic nitrogens is 8. The van der Waals surface area contributed by atoms with Crippen LogP contribution in [0.15, 0.2) is 18.2 Å². The normalized spacial score (nSPS) is 11.9. The van der Waals surface area contributed by atoms with Crippen LogP contribution in [0.2, 0.25) is 0 Å². The number of hydrogen-bond donors (Lipinski definition) is 2. The SMILES string of the molecule is Cc1nc(C(=O)Nc2ccc3c(c2)nc(C)n3C)nn1-c1n[nH]c(C(F)(F)F)n1. The predicted molar refractivity (Wildman–Crippen MR) is 94.4 cm³/mol. The van der Waals surface area contributed by atoms with Gasteiger partial charge in [-0.3, -0.25) is 9.89 Å². The molecule has 2 N–H and O–H groups in total. The number of hydrogen-bond acceptors (Lipinski definition) is 6. The number of halogens is 3. The molecule has 1 amide bonds. The Bertz CT molecular complexity index is 1230. The first-order valence-electron chi connectivity index (χ1n) is 8.31. The maximum absolute atomic E-state index is 12.7. The second-order valence-corrected chi connectivity index (χ2v) is 6.25. The smallest absolute Gasteiger partial charge is 0.331 e. The highest BCUT2D eigenvalue weighted by Gasteiger charge is 2.35. The number of carbonyl (C=O) groups excluding carboxylic acids is 1. The molecule has 10 nitrogen and oxygen atoms in total. The highest BCUT2D eigenvalue weighted by molar-refractivity contribution is 6.02. The van der Waals surface area contributed by atoms with Crippen LogP contribution in [0.3, 0.4) is 0 Å². The first-order valence-corrected chi connectivity index (χ1v) is 8.31. The monoisotopic (exact) mass is 405 g/mol. The van der Waals surface area contributed by atoms with Gasteiger partial charge in [0.1, 0.15) is 11.6 Å². The third kappa shape index (κ3) is 3.30. The van der Waals surface area contributed by atoms with Crippen molar-refractivity contribution in [3.05, 3.63) is 41.5 Å². The molecule has 0 radical (unpaired) electrons. The highest BCUT2D eigenvalue weighted by atomic mass is 19.4. The zero-order chi connectivity index (χ0) is 20.9. The lowest BCUT2D eigenvalue weighted by molar-refractivity contribution is -0.144. The van der Waals surface area contributed by atoms with Crippen LogP contribution in [0.4, 0.5) is 18.9 Å². The number of alkyl halides is 3. The zero-order valence-corrected chi connectivity index (χ0v) is 15.4. The van der Waals surface area contributed by atoms with Gasteiger partial charge in [-0.05, 0) is 32.0 Å². The third-order valence-corrected chi connectivity index (χ3v) is 4.27. The fraction of sp³-hybridized carbons (Fsp3) is 0.250. The summed E-state index contributed by atoms with van der Waals surface area (Å²) in [4.78, 5) is 24.2. The molecule has 0 saturated carbocycles. The Kier molecular flexibility index (Phi) is 4.10. The van der Waals surface area contributed by atoms with E-state index in [4.69, 9.17) is 0 Å². The molecule has 0 spiro atoms. The van der Waals surface area contributed by atoms with E-state index in [-0.39, 0.29) is 17.6 Å². The van der Waals surface area contributed by atoms with Crippen LogP contribution in [0, 0.1) is 13.8 Å². The van der Waals surface area contributed by atoms with Crippen molar-refractivity contribution in [1.82, 2.24) is 39.5 Å². The molecule has 0 aliphatic carbocycles. The Morgan fingerprint density at radius 1 is 1.14 bits per heavy atom. The van der Waals surface area contributed by atoms with Crippen molar-refractivity contribution in [1.29, 1.82) is 0 Å². The Morgan fingerprint density at radius 3 is 2.59 bits per heavy atom. The summed E-state index contributed by atoms with van der Waals surface area (Å²) >= 11 is 0. The van der Waals surface area contributed by atoms with E-state index < -0.39 is 17.9 Å². The van der Waals surface area contributed by atoms with Gasteiger partial charge < -0.3 is 9.88 Å². The van der Waals surface area contributed by atoms with Crippen molar-refractivity contribution in [3.8, 4) is 5.95 Å². The van der Waals surface area contributed by atoms with Gasteiger partial charge in [0.05, 0.1) is 11.0 Å². The molecule has 0 atom stereocenters. The molecule has 29 heavy (non-hydrogen) atoms. The van der Waals surface area contributed by atoms with Crippen LogP contribution in [0.25, 0.3) is 17.0 Å². The number of anilines is 1. The topological polar surface area (TPSA) is 119 Å². The van der Waals surface area contributed by atoms with Crippen molar-refractivity contribution in [2.24, 2.45) is 7.05 Å². The number of rotatable bonds is 3. The average molecular weight is 405 g/mol. The molecule has 4 rings (SSSR count). The van der Waals surface area contributed by atoms with Gasteiger partial charge in [-0.25, -0.2) is 9.97 Å². The molecule has 3 aromatic heterocycles. The largest absolute Gasteiger partial charge is 0.451 e. The number of H-pyrrole nitrogens is 1. The van der Waals surface area contributed by atoms with Gasteiger partial charge in [0, 0.05) is 12.7 Å². The van der Waals surface area contributed by atoms with Gasteiger partial charge in [-0.1, -0.05) is 0 Å². The zero-order valence-electron chi connectivity index (χ0n) is 15.4. The minimum Gasteiger partial charge on any atom is -0.331 e. The molecule has 3 heterocycles. The van der Waals surface area contributed by atoms with Crippen molar-refractivity contribution >= 4 is 22.6 Å². The number of carbonyl (C=O) groups is 1. The Hall–Kier alpha value is -3.77. The molecule has 0 fully saturated rings. The summed E-state index contributed by atoms with van der Waals surface area (Å²) < 4.78 is 40.9. The van der Waals surface area contributed by atoms with E-state index in [1.807, 2.05) is 24.6 Å². The fourth-order valence-electron chi connectivity index (χ4n) is 2.74. The first-order chi connectivity index (χ1) is 13.6. The first kappa shape index (κ1) is 18.6. The second-order valence-electron chi connectivity index (χ2n) is 6.25. The van der Waals surface area contributed by atoms with Crippen LogP contribution in [0.1, 0.15) is 28.1 Å². The third-order valence-electron chi connectivity index (χ3n) is 4.27. The minimum absolute atomic E-state index is 0.152. The summed E-state index contributed by atoms with van der Waals surface area (Å²) in [5.41, 5.74) is 2.09. The molecule has 0 aliphatic heterocycles. The standard InChI is InChI=1S/C16H14F3N9O/c1-7-20-10-6-9(4-5-11(10)27(7)3)22-13(29)12-21-8(2)28(26-12)15-23-14(24-25-15)16(17,18)19/h4-6H,1-3H3,(H,22,29)(H,23,24,25). The van der Waals surface area contributed by atoms with E-state index in [1.54, 1.807) is 17.2 Å². The average Bonchev–Trinajstić information content (AvgIpc) is 3.33. The van der Waals surface area contributed by atoms with E-state index in [9.17, 15) is 18.0 Å². The number of fused-ring (bicyclic) bond motifs is 1. The summed E-state index contributed by atoms with van der Waals surface area (Å²) in [6, 6.07) is 5.22. The highest BCUT2D eigenvalue weighted by Crippen LogP contribution is 2.26. The van der Waals surface area contributed by atoms with Crippen LogP contribution in [-0.2, 0) is 13.2 Å².